The number of nitrogens with one attached hydrogen (secondary N) is 1. The van der Waals surface area contributed by atoms with E-state index in [0.29, 0.717) is 6.04 Å². The second kappa shape index (κ2) is 4.94. The number of hydrogen-bond acceptors (Lipinski definition) is 4. The molecule has 2 aromatic heterocycles. The van der Waals surface area contributed by atoms with Gasteiger partial charge < -0.3 is 15.3 Å². The first-order valence-corrected chi connectivity index (χ1v) is 8.00. The molecular formula is C15H22N6. The summed E-state index contributed by atoms with van der Waals surface area (Å²) in [5.41, 5.74) is 7.01. The highest BCUT2D eigenvalue weighted by Gasteiger charge is 2.37. The van der Waals surface area contributed by atoms with Crippen molar-refractivity contribution in [3.63, 3.8) is 0 Å². The van der Waals surface area contributed by atoms with Gasteiger partial charge in [0.15, 0.2) is 5.82 Å². The van der Waals surface area contributed by atoms with Crippen LogP contribution in [0.5, 0.6) is 0 Å². The minimum atomic E-state index is -0.256. The maximum Gasteiger partial charge on any atom is 0.182 e. The molecule has 112 valence electrons. The highest BCUT2D eigenvalue weighted by molar-refractivity contribution is 5.48. The molecule has 6 heteroatoms. The van der Waals surface area contributed by atoms with Gasteiger partial charge in [0.2, 0.25) is 0 Å². The Morgan fingerprint density at radius 2 is 2.00 bits per heavy atom. The van der Waals surface area contributed by atoms with Crippen LogP contribution in [0.25, 0.3) is 11.5 Å². The van der Waals surface area contributed by atoms with E-state index in [2.05, 4.69) is 24.7 Å². The molecular weight excluding hydrogens is 264 g/mol. The van der Waals surface area contributed by atoms with E-state index in [1.807, 2.05) is 12.5 Å². The summed E-state index contributed by atoms with van der Waals surface area (Å²) in [7, 11) is 0. The van der Waals surface area contributed by atoms with Gasteiger partial charge in [-0.1, -0.05) is 19.3 Å². The maximum atomic E-state index is 6.34. The number of H-pyrrole nitrogens is 1. The van der Waals surface area contributed by atoms with E-state index in [1.165, 1.54) is 38.5 Å². The van der Waals surface area contributed by atoms with Crippen LogP contribution in [0.4, 0.5) is 0 Å². The van der Waals surface area contributed by atoms with Gasteiger partial charge in [0, 0.05) is 6.04 Å². The predicted octanol–water partition coefficient (Wildman–Crippen LogP) is 2.51. The lowest BCUT2D eigenvalue weighted by atomic mass is 9.77. The largest absolute Gasteiger partial charge is 0.338 e. The van der Waals surface area contributed by atoms with Gasteiger partial charge in [-0.25, -0.2) is 4.98 Å². The topological polar surface area (TPSA) is 85.4 Å². The normalized spacial score (nSPS) is 22.1. The van der Waals surface area contributed by atoms with Crippen LogP contribution in [-0.4, -0.2) is 24.7 Å². The summed E-state index contributed by atoms with van der Waals surface area (Å²) in [6, 6.07) is 0.519. The fourth-order valence-electron chi connectivity index (χ4n) is 3.54. The van der Waals surface area contributed by atoms with Crippen molar-refractivity contribution in [2.24, 2.45) is 5.73 Å². The first-order chi connectivity index (χ1) is 10.3. The van der Waals surface area contributed by atoms with Crippen LogP contribution in [0.3, 0.4) is 0 Å². The quantitative estimate of drug-likeness (QED) is 0.907. The molecule has 0 saturated heterocycles. The Hall–Kier alpha value is -1.69. The van der Waals surface area contributed by atoms with Crippen molar-refractivity contribution in [1.82, 2.24) is 24.7 Å². The van der Waals surface area contributed by atoms with Gasteiger partial charge >= 0.3 is 0 Å². The molecule has 3 N–H and O–H groups in total. The minimum absolute atomic E-state index is 0.256. The fraction of sp³-hybridized carbons (Fsp3) is 0.667. The molecule has 21 heavy (non-hydrogen) atoms. The van der Waals surface area contributed by atoms with Gasteiger partial charge in [0.05, 0.1) is 11.7 Å². The zero-order chi connectivity index (χ0) is 14.3. The van der Waals surface area contributed by atoms with Crippen molar-refractivity contribution in [2.75, 3.05) is 0 Å². The Morgan fingerprint density at radius 3 is 2.71 bits per heavy atom. The third-order valence-corrected chi connectivity index (χ3v) is 5.08. The lowest BCUT2D eigenvalue weighted by Gasteiger charge is -2.35. The summed E-state index contributed by atoms with van der Waals surface area (Å²) >= 11 is 0. The van der Waals surface area contributed by atoms with Gasteiger partial charge in [0.1, 0.15) is 17.8 Å². The van der Waals surface area contributed by atoms with Crippen LogP contribution < -0.4 is 5.73 Å². The summed E-state index contributed by atoms with van der Waals surface area (Å²) in [5, 5.41) is 8.41. The van der Waals surface area contributed by atoms with Crippen LogP contribution in [0.15, 0.2) is 12.5 Å². The Kier molecular flexibility index (Phi) is 3.06. The van der Waals surface area contributed by atoms with Crippen molar-refractivity contribution in [1.29, 1.82) is 0 Å². The van der Waals surface area contributed by atoms with Crippen molar-refractivity contribution in [2.45, 2.75) is 62.9 Å². The predicted molar refractivity (Wildman–Crippen MR) is 79.4 cm³/mol. The molecule has 0 atom stereocenters. The first kappa shape index (κ1) is 13.0. The molecule has 2 aliphatic carbocycles. The van der Waals surface area contributed by atoms with E-state index >= 15 is 0 Å². The van der Waals surface area contributed by atoms with E-state index in [9.17, 15) is 0 Å². The van der Waals surface area contributed by atoms with E-state index in [0.717, 1.165) is 30.2 Å². The SMILES string of the molecule is NC1(c2ncc(-c3nncn3C3CCCCC3)[nH]2)CCC1. The summed E-state index contributed by atoms with van der Waals surface area (Å²) in [6.45, 7) is 0. The molecule has 0 amide bonds. The van der Waals surface area contributed by atoms with Crippen molar-refractivity contribution >= 4 is 0 Å². The van der Waals surface area contributed by atoms with Crippen LogP contribution in [0, 0.1) is 0 Å². The van der Waals surface area contributed by atoms with E-state index in [4.69, 9.17) is 5.73 Å². The van der Waals surface area contributed by atoms with Gasteiger partial charge in [0.25, 0.3) is 0 Å². The molecule has 2 aliphatic rings. The van der Waals surface area contributed by atoms with E-state index in [1.54, 1.807) is 0 Å². The summed E-state index contributed by atoms with van der Waals surface area (Å²) in [5.74, 6) is 1.78. The van der Waals surface area contributed by atoms with E-state index in [-0.39, 0.29) is 5.54 Å². The maximum absolute atomic E-state index is 6.34. The molecule has 6 nitrogen and oxygen atoms in total. The van der Waals surface area contributed by atoms with Gasteiger partial charge in [-0.3, -0.25) is 0 Å². The average molecular weight is 286 g/mol. The minimum Gasteiger partial charge on any atom is -0.338 e. The zero-order valence-corrected chi connectivity index (χ0v) is 12.3. The third-order valence-electron chi connectivity index (χ3n) is 5.08. The first-order valence-electron chi connectivity index (χ1n) is 8.00. The lowest BCUT2D eigenvalue weighted by Crippen LogP contribution is -2.44. The third kappa shape index (κ3) is 2.18. The number of aromatic amines is 1. The summed E-state index contributed by atoms with van der Waals surface area (Å²) < 4.78 is 2.21. The van der Waals surface area contributed by atoms with Crippen LogP contribution in [0.1, 0.15) is 63.2 Å². The fourth-order valence-corrected chi connectivity index (χ4v) is 3.54. The number of nitrogens with two attached hydrogens (primary N) is 1. The monoisotopic (exact) mass is 286 g/mol. The molecule has 2 saturated carbocycles. The Labute approximate surface area is 124 Å². The molecule has 0 spiro atoms. The number of nitrogens with zero attached hydrogens (tertiary/aromatic N) is 4. The smallest absolute Gasteiger partial charge is 0.182 e. The Morgan fingerprint density at radius 1 is 1.19 bits per heavy atom. The van der Waals surface area contributed by atoms with Gasteiger partial charge in [-0.2, -0.15) is 0 Å². The second-order valence-corrected chi connectivity index (χ2v) is 6.51. The summed E-state index contributed by atoms with van der Waals surface area (Å²) in [6.07, 6.45) is 13.3. The molecule has 4 rings (SSSR count). The van der Waals surface area contributed by atoms with Crippen molar-refractivity contribution in [3.05, 3.63) is 18.3 Å². The van der Waals surface area contributed by atoms with Crippen molar-refractivity contribution in [3.8, 4) is 11.5 Å². The number of imidazole rings is 1. The van der Waals surface area contributed by atoms with Crippen molar-refractivity contribution < 1.29 is 0 Å². The standard InChI is InChI=1S/C15H22N6/c16-15(7-4-8-15)14-17-9-12(19-14)13-20-18-10-21(13)11-5-2-1-3-6-11/h9-11H,1-8,16H2,(H,17,19). The van der Waals surface area contributed by atoms with E-state index < -0.39 is 0 Å². The lowest BCUT2D eigenvalue weighted by molar-refractivity contribution is 0.240. The van der Waals surface area contributed by atoms with Crippen LogP contribution >= 0.6 is 0 Å². The second-order valence-electron chi connectivity index (χ2n) is 6.51. The van der Waals surface area contributed by atoms with Gasteiger partial charge in [-0.15, -0.1) is 10.2 Å². The molecule has 0 radical (unpaired) electrons. The van der Waals surface area contributed by atoms with Crippen LogP contribution in [-0.2, 0) is 5.54 Å². The molecule has 2 heterocycles. The number of rotatable bonds is 3. The highest BCUT2D eigenvalue weighted by Crippen LogP contribution is 2.38. The molecule has 0 aromatic carbocycles. The number of aromatic nitrogens is 5. The average Bonchev–Trinajstić information content (AvgIpc) is 3.14. The molecule has 0 aliphatic heterocycles. The Balaban J connectivity index is 1.63. The summed E-state index contributed by atoms with van der Waals surface area (Å²) in [4.78, 5) is 7.87. The van der Waals surface area contributed by atoms with Crippen LogP contribution in [0.2, 0.25) is 0 Å². The number of hydrogen-bond donors (Lipinski definition) is 2. The Bertz CT molecular complexity index is 618. The van der Waals surface area contributed by atoms with Gasteiger partial charge in [-0.05, 0) is 32.1 Å². The zero-order valence-electron chi connectivity index (χ0n) is 12.3. The molecule has 0 bridgehead atoms. The molecule has 2 fully saturated rings. The molecule has 2 aromatic rings. The highest BCUT2D eigenvalue weighted by atomic mass is 15.3. The molecule has 0 unspecified atom stereocenters.